The zero-order chi connectivity index (χ0) is 13.7. The van der Waals surface area contributed by atoms with Crippen LogP contribution in [0.15, 0.2) is 30.3 Å². The molecular weight excluding hydrogens is 242 g/mol. The topological polar surface area (TPSA) is 72.7 Å². The van der Waals surface area contributed by atoms with Gasteiger partial charge in [-0.1, -0.05) is 32.0 Å². The Labute approximate surface area is 111 Å². The summed E-state index contributed by atoms with van der Waals surface area (Å²) < 4.78 is 1.62. The van der Waals surface area contributed by atoms with Gasteiger partial charge >= 0.3 is 0 Å². The van der Waals surface area contributed by atoms with Gasteiger partial charge in [0.25, 0.3) is 0 Å². The van der Waals surface area contributed by atoms with E-state index >= 15 is 0 Å². The second kappa shape index (κ2) is 6.08. The number of carbonyl (C=O) groups excluding carboxylic acids is 1. The Morgan fingerprint density at radius 1 is 1.32 bits per heavy atom. The highest BCUT2D eigenvalue weighted by Gasteiger charge is 2.10. The van der Waals surface area contributed by atoms with E-state index in [1.54, 1.807) is 4.68 Å². The molecule has 0 saturated carbocycles. The molecule has 1 aromatic heterocycles. The van der Waals surface area contributed by atoms with Crippen LogP contribution in [0, 0.1) is 5.92 Å². The molecule has 1 N–H and O–H groups in total. The summed E-state index contributed by atoms with van der Waals surface area (Å²) in [5.74, 6) is 0.964. The number of para-hydroxylation sites is 1. The van der Waals surface area contributed by atoms with Gasteiger partial charge in [-0.05, 0) is 28.5 Å². The van der Waals surface area contributed by atoms with E-state index in [0.29, 0.717) is 24.7 Å². The van der Waals surface area contributed by atoms with Gasteiger partial charge in [0.15, 0.2) is 5.82 Å². The van der Waals surface area contributed by atoms with Crippen molar-refractivity contribution in [1.82, 2.24) is 25.5 Å². The number of nitrogens with one attached hydrogen (secondary N) is 1. The molecule has 1 aromatic carbocycles. The monoisotopic (exact) mass is 259 g/mol. The lowest BCUT2D eigenvalue weighted by Crippen LogP contribution is -2.25. The van der Waals surface area contributed by atoms with Crippen molar-refractivity contribution in [2.24, 2.45) is 5.92 Å². The quantitative estimate of drug-likeness (QED) is 0.879. The average Bonchev–Trinajstić information content (AvgIpc) is 2.85. The first-order valence-electron chi connectivity index (χ1n) is 6.26. The zero-order valence-electron chi connectivity index (χ0n) is 11.1. The van der Waals surface area contributed by atoms with E-state index in [-0.39, 0.29) is 5.91 Å². The molecule has 2 rings (SSSR count). The minimum absolute atomic E-state index is 0.0117. The Balaban J connectivity index is 2.03. The summed E-state index contributed by atoms with van der Waals surface area (Å²) >= 11 is 0. The molecule has 0 aliphatic heterocycles. The second-order valence-corrected chi connectivity index (χ2v) is 4.72. The SMILES string of the molecule is CC(C)CC(=O)NCc1nnnn1-c1ccccc1. The van der Waals surface area contributed by atoms with Gasteiger partial charge in [0.1, 0.15) is 0 Å². The highest BCUT2D eigenvalue weighted by molar-refractivity contribution is 5.75. The van der Waals surface area contributed by atoms with E-state index in [1.807, 2.05) is 44.2 Å². The first-order chi connectivity index (χ1) is 9.16. The second-order valence-electron chi connectivity index (χ2n) is 4.72. The molecule has 0 atom stereocenters. The van der Waals surface area contributed by atoms with E-state index < -0.39 is 0 Å². The minimum atomic E-state index is 0.0117. The number of tetrazole rings is 1. The normalized spacial score (nSPS) is 10.7. The average molecular weight is 259 g/mol. The molecule has 0 spiro atoms. The van der Waals surface area contributed by atoms with Crippen LogP contribution in [0.2, 0.25) is 0 Å². The van der Waals surface area contributed by atoms with Gasteiger partial charge in [0, 0.05) is 6.42 Å². The number of benzene rings is 1. The van der Waals surface area contributed by atoms with Crippen molar-refractivity contribution < 1.29 is 4.79 Å². The molecule has 6 nitrogen and oxygen atoms in total. The van der Waals surface area contributed by atoms with E-state index in [9.17, 15) is 4.79 Å². The lowest BCUT2D eigenvalue weighted by Gasteiger charge is -2.07. The van der Waals surface area contributed by atoms with E-state index in [0.717, 1.165) is 5.69 Å². The highest BCUT2D eigenvalue weighted by Crippen LogP contribution is 2.07. The maximum absolute atomic E-state index is 11.6. The van der Waals surface area contributed by atoms with Gasteiger partial charge in [-0.2, -0.15) is 4.68 Å². The number of amides is 1. The number of rotatable bonds is 5. The first-order valence-corrected chi connectivity index (χ1v) is 6.26. The molecular formula is C13H17N5O. The van der Waals surface area contributed by atoms with Gasteiger partial charge in [-0.15, -0.1) is 5.10 Å². The molecule has 6 heteroatoms. The van der Waals surface area contributed by atoms with Crippen LogP contribution in [0.4, 0.5) is 0 Å². The van der Waals surface area contributed by atoms with Crippen molar-refractivity contribution in [1.29, 1.82) is 0 Å². The molecule has 0 unspecified atom stereocenters. The molecule has 2 aromatic rings. The van der Waals surface area contributed by atoms with Crippen LogP contribution in [-0.2, 0) is 11.3 Å². The summed E-state index contributed by atoms with van der Waals surface area (Å²) in [6.45, 7) is 4.34. The van der Waals surface area contributed by atoms with Crippen LogP contribution in [0.25, 0.3) is 5.69 Å². The highest BCUT2D eigenvalue weighted by atomic mass is 16.1. The number of hydrogen-bond donors (Lipinski definition) is 1. The van der Waals surface area contributed by atoms with Gasteiger partial charge < -0.3 is 5.32 Å². The van der Waals surface area contributed by atoms with Crippen LogP contribution < -0.4 is 5.32 Å². The Morgan fingerprint density at radius 2 is 2.05 bits per heavy atom. The maximum atomic E-state index is 11.6. The molecule has 0 aliphatic carbocycles. The van der Waals surface area contributed by atoms with E-state index in [1.165, 1.54) is 0 Å². The third kappa shape index (κ3) is 3.61. The Hall–Kier alpha value is -2.24. The summed E-state index contributed by atoms with van der Waals surface area (Å²) in [6, 6.07) is 9.58. The molecule has 1 heterocycles. The fraction of sp³-hybridized carbons (Fsp3) is 0.385. The number of nitrogens with zero attached hydrogens (tertiary/aromatic N) is 4. The molecule has 0 aliphatic rings. The smallest absolute Gasteiger partial charge is 0.220 e. The zero-order valence-corrected chi connectivity index (χ0v) is 11.1. The van der Waals surface area contributed by atoms with Crippen molar-refractivity contribution in [3.8, 4) is 5.69 Å². The van der Waals surface area contributed by atoms with Crippen molar-refractivity contribution in [3.05, 3.63) is 36.2 Å². The van der Waals surface area contributed by atoms with Crippen LogP contribution >= 0.6 is 0 Å². The largest absolute Gasteiger partial charge is 0.349 e. The van der Waals surface area contributed by atoms with Gasteiger partial charge in [-0.25, -0.2) is 0 Å². The van der Waals surface area contributed by atoms with E-state index in [2.05, 4.69) is 20.8 Å². The number of aromatic nitrogens is 4. The Morgan fingerprint density at radius 3 is 2.74 bits per heavy atom. The van der Waals surface area contributed by atoms with Crippen molar-refractivity contribution >= 4 is 5.91 Å². The maximum Gasteiger partial charge on any atom is 0.220 e. The lowest BCUT2D eigenvalue weighted by atomic mass is 10.1. The molecule has 0 radical (unpaired) electrons. The van der Waals surface area contributed by atoms with Crippen LogP contribution in [-0.4, -0.2) is 26.1 Å². The van der Waals surface area contributed by atoms with Crippen molar-refractivity contribution in [2.75, 3.05) is 0 Å². The number of hydrogen-bond acceptors (Lipinski definition) is 4. The summed E-state index contributed by atoms with van der Waals surface area (Å²) in [4.78, 5) is 11.6. The van der Waals surface area contributed by atoms with Crippen molar-refractivity contribution in [3.63, 3.8) is 0 Å². The fourth-order valence-electron chi connectivity index (χ4n) is 1.71. The lowest BCUT2D eigenvalue weighted by molar-refractivity contribution is -0.122. The molecule has 100 valence electrons. The van der Waals surface area contributed by atoms with Crippen LogP contribution in [0.3, 0.4) is 0 Å². The van der Waals surface area contributed by atoms with Gasteiger partial charge in [0.2, 0.25) is 5.91 Å². The molecule has 0 saturated heterocycles. The van der Waals surface area contributed by atoms with Gasteiger partial charge in [0.05, 0.1) is 12.2 Å². The first kappa shape index (κ1) is 13.2. The molecule has 0 bridgehead atoms. The standard InChI is InChI=1S/C13H17N5O/c1-10(2)8-13(19)14-9-12-15-16-17-18(12)11-6-4-3-5-7-11/h3-7,10H,8-9H2,1-2H3,(H,14,19). The summed E-state index contributed by atoms with van der Waals surface area (Å²) in [6.07, 6.45) is 0.507. The summed E-state index contributed by atoms with van der Waals surface area (Å²) in [5, 5.41) is 14.3. The number of carbonyl (C=O) groups is 1. The Kier molecular flexibility index (Phi) is 4.22. The fourth-order valence-corrected chi connectivity index (χ4v) is 1.71. The third-order valence-electron chi connectivity index (χ3n) is 2.57. The minimum Gasteiger partial charge on any atom is -0.349 e. The third-order valence-corrected chi connectivity index (χ3v) is 2.57. The molecule has 19 heavy (non-hydrogen) atoms. The predicted octanol–water partition coefficient (Wildman–Crippen LogP) is 1.32. The molecule has 1 amide bonds. The molecule has 0 fully saturated rings. The Bertz CT molecular complexity index is 535. The van der Waals surface area contributed by atoms with Crippen LogP contribution in [0.5, 0.6) is 0 Å². The summed E-state index contributed by atoms with van der Waals surface area (Å²) in [7, 11) is 0. The van der Waals surface area contributed by atoms with Crippen molar-refractivity contribution in [2.45, 2.75) is 26.8 Å². The van der Waals surface area contributed by atoms with E-state index in [4.69, 9.17) is 0 Å². The van der Waals surface area contributed by atoms with Gasteiger partial charge in [-0.3, -0.25) is 4.79 Å². The summed E-state index contributed by atoms with van der Waals surface area (Å²) in [5.41, 5.74) is 0.876. The van der Waals surface area contributed by atoms with Crippen LogP contribution in [0.1, 0.15) is 26.1 Å². The predicted molar refractivity (Wildman–Crippen MR) is 70.5 cm³/mol.